The number of fused-ring (bicyclic) bond motifs is 2. The Balaban J connectivity index is 1.21. The third kappa shape index (κ3) is 2.58. The molecule has 7 heteroatoms. The van der Waals surface area contributed by atoms with E-state index >= 15 is 0 Å². The van der Waals surface area contributed by atoms with Gasteiger partial charge in [0.1, 0.15) is 0 Å². The highest BCUT2D eigenvalue weighted by Gasteiger charge is 2.66. The number of carbonyl (C=O) groups excluding carboxylic acids is 1. The highest BCUT2D eigenvalue weighted by molar-refractivity contribution is 5.91. The number of carbonyl (C=O) groups is 1. The van der Waals surface area contributed by atoms with Gasteiger partial charge in [-0.3, -0.25) is 9.79 Å². The van der Waals surface area contributed by atoms with Gasteiger partial charge in [-0.1, -0.05) is 6.42 Å². The maximum Gasteiger partial charge on any atom is 0.289 e. The van der Waals surface area contributed by atoms with Crippen LogP contribution < -0.4 is 5.32 Å². The highest BCUT2D eigenvalue weighted by Crippen LogP contribution is 2.62. The number of hydrogen-bond acceptors (Lipinski definition) is 4. The first-order chi connectivity index (χ1) is 13.2. The van der Waals surface area contributed by atoms with Gasteiger partial charge < -0.3 is 24.3 Å². The summed E-state index contributed by atoms with van der Waals surface area (Å²) in [6.45, 7) is 3.85. The molecule has 0 radical (unpaired) electrons. The van der Waals surface area contributed by atoms with Crippen molar-refractivity contribution in [2.45, 2.75) is 37.8 Å². The summed E-state index contributed by atoms with van der Waals surface area (Å²) in [6, 6.07) is 3.97. The van der Waals surface area contributed by atoms with Crippen LogP contribution in [-0.4, -0.2) is 73.6 Å². The summed E-state index contributed by atoms with van der Waals surface area (Å²) in [6.07, 6.45) is 7.03. The van der Waals surface area contributed by atoms with Crippen molar-refractivity contribution < 1.29 is 13.9 Å². The maximum absolute atomic E-state index is 12.5. The molecule has 0 bridgehead atoms. The average molecular weight is 372 g/mol. The third-order valence-electron chi connectivity index (χ3n) is 7.13. The predicted molar refractivity (Wildman–Crippen MR) is 101 cm³/mol. The number of aliphatic imine (C=N–C) groups is 1. The second-order valence-corrected chi connectivity index (χ2v) is 8.26. The smallest absolute Gasteiger partial charge is 0.289 e. The van der Waals surface area contributed by atoms with Crippen LogP contribution in [0.3, 0.4) is 0 Å². The molecule has 27 heavy (non-hydrogen) atoms. The SMILES string of the molecule is CN=C(NC1C2CCOC2C12CCC2)N1CCN(C(=O)c2ccco2)CC1. The van der Waals surface area contributed by atoms with E-state index in [4.69, 9.17) is 9.15 Å². The third-order valence-corrected chi connectivity index (χ3v) is 7.13. The standard InChI is InChI=1S/C20H28N4O3/c1-21-19(22-16-14-5-13-27-17(14)20(16)6-3-7-20)24-10-8-23(9-11-24)18(25)15-4-2-12-26-15/h2,4,12,14,16-17H,3,5-11,13H2,1H3,(H,21,22). The summed E-state index contributed by atoms with van der Waals surface area (Å²) in [5.41, 5.74) is 0.341. The van der Waals surface area contributed by atoms with Crippen LogP contribution in [0.5, 0.6) is 0 Å². The molecule has 2 aliphatic heterocycles. The van der Waals surface area contributed by atoms with Gasteiger partial charge in [0.2, 0.25) is 0 Å². The van der Waals surface area contributed by atoms with Crippen molar-refractivity contribution >= 4 is 11.9 Å². The summed E-state index contributed by atoms with van der Waals surface area (Å²) in [7, 11) is 1.86. The Morgan fingerprint density at radius 3 is 2.67 bits per heavy atom. The molecule has 3 unspecified atom stereocenters. The van der Waals surface area contributed by atoms with Gasteiger partial charge >= 0.3 is 0 Å². The molecule has 4 aliphatic rings. The van der Waals surface area contributed by atoms with E-state index in [2.05, 4.69) is 15.2 Å². The fraction of sp³-hybridized carbons (Fsp3) is 0.700. The molecule has 7 nitrogen and oxygen atoms in total. The van der Waals surface area contributed by atoms with E-state index in [1.54, 1.807) is 18.4 Å². The number of nitrogens with one attached hydrogen (secondary N) is 1. The molecule has 1 aromatic rings. The molecule has 1 spiro atoms. The van der Waals surface area contributed by atoms with Crippen LogP contribution in [0.1, 0.15) is 36.2 Å². The average Bonchev–Trinajstić information content (AvgIpc) is 3.32. The minimum absolute atomic E-state index is 0.0269. The zero-order chi connectivity index (χ0) is 18.4. The monoisotopic (exact) mass is 372 g/mol. The van der Waals surface area contributed by atoms with Crippen molar-refractivity contribution in [1.82, 2.24) is 15.1 Å². The van der Waals surface area contributed by atoms with Gasteiger partial charge in [0, 0.05) is 57.2 Å². The lowest BCUT2D eigenvalue weighted by Gasteiger charge is -2.63. The fourth-order valence-corrected chi connectivity index (χ4v) is 5.57. The lowest BCUT2D eigenvalue weighted by Crippen LogP contribution is -2.73. The van der Waals surface area contributed by atoms with E-state index in [1.807, 2.05) is 11.9 Å². The molecule has 1 amide bonds. The van der Waals surface area contributed by atoms with Gasteiger partial charge in [0.05, 0.1) is 12.4 Å². The Kier molecular flexibility index (Phi) is 4.15. The van der Waals surface area contributed by atoms with Crippen molar-refractivity contribution in [3.8, 4) is 0 Å². The van der Waals surface area contributed by atoms with Crippen LogP contribution >= 0.6 is 0 Å². The molecule has 0 aromatic carbocycles. The second-order valence-electron chi connectivity index (χ2n) is 8.26. The summed E-state index contributed by atoms with van der Waals surface area (Å²) < 4.78 is 11.3. The van der Waals surface area contributed by atoms with E-state index in [1.165, 1.54) is 19.3 Å². The van der Waals surface area contributed by atoms with Crippen molar-refractivity contribution in [2.24, 2.45) is 16.3 Å². The van der Waals surface area contributed by atoms with E-state index in [9.17, 15) is 4.79 Å². The van der Waals surface area contributed by atoms with Gasteiger partial charge in [-0.25, -0.2) is 0 Å². The first kappa shape index (κ1) is 17.1. The summed E-state index contributed by atoms with van der Waals surface area (Å²) >= 11 is 0. The number of ether oxygens (including phenoxy) is 1. The molecule has 1 aromatic heterocycles. The molecule has 4 fully saturated rings. The van der Waals surface area contributed by atoms with Crippen LogP contribution in [0.2, 0.25) is 0 Å². The van der Waals surface area contributed by atoms with Crippen molar-refractivity contribution in [1.29, 1.82) is 0 Å². The number of piperazine rings is 1. The molecule has 1 N–H and O–H groups in total. The molecule has 5 rings (SSSR count). The van der Waals surface area contributed by atoms with Crippen molar-refractivity contribution in [3.63, 3.8) is 0 Å². The Morgan fingerprint density at radius 1 is 1.26 bits per heavy atom. The Bertz CT molecular complexity index is 720. The molecule has 2 saturated carbocycles. The fourth-order valence-electron chi connectivity index (χ4n) is 5.57. The zero-order valence-electron chi connectivity index (χ0n) is 15.9. The molecular weight excluding hydrogens is 344 g/mol. The first-order valence-electron chi connectivity index (χ1n) is 10.2. The van der Waals surface area contributed by atoms with E-state index in [0.717, 1.165) is 32.1 Å². The Hall–Kier alpha value is -2.02. The molecule has 3 heterocycles. The van der Waals surface area contributed by atoms with Crippen molar-refractivity contribution in [2.75, 3.05) is 39.8 Å². The van der Waals surface area contributed by atoms with Gasteiger partial charge in [-0.15, -0.1) is 0 Å². The van der Waals surface area contributed by atoms with E-state index in [-0.39, 0.29) is 5.91 Å². The summed E-state index contributed by atoms with van der Waals surface area (Å²) in [4.78, 5) is 21.2. The maximum atomic E-state index is 12.5. The van der Waals surface area contributed by atoms with E-state index in [0.29, 0.717) is 42.3 Å². The quantitative estimate of drug-likeness (QED) is 0.630. The lowest BCUT2D eigenvalue weighted by molar-refractivity contribution is -0.171. The summed E-state index contributed by atoms with van der Waals surface area (Å²) in [5.74, 6) is 1.99. The minimum atomic E-state index is -0.0269. The number of amides is 1. The number of hydrogen-bond donors (Lipinski definition) is 1. The van der Waals surface area contributed by atoms with Gasteiger partial charge in [0.15, 0.2) is 11.7 Å². The summed E-state index contributed by atoms with van der Waals surface area (Å²) in [5, 5.41) is 3.78. The van der Waals surface area contributed by atoms with Crippen LogP contribution in [0.4, 0.5) is 0 Å². The number of furan rings is 1. The molecule has 2 aliphatic carbocycles. The number of nitrogens with zero attached hydrogens (tertiary/aromatic N) is 3. The van der Waals surface area contributed by atoms with Crippen molar-refractivity contribution in [3.05, 3.63) is 24.2 Å². The number of rotatable bonds is 2. The largest absolute Gasteiger partial charge is 0.459 e. The second kappa shape index (κ2) is 6.55. The topological polar surface area (TPSA) is 70.3 Å². The van der Waals surface area contributed by atoms with E-state index < -0.39 is 0 Å². The van der Waals surface area contributed by atoms with Gasteiger partial charge in [-0.2, -0.15) is 0 Å². The Morgan fingerprint density at radius 2 is 2.04 bits per heavy atom. The predicted octanol–water partition coefficient (Wildman–Crippen LogP) is 1.57. The normalized spacial score (nSPS) is 32.0. The molecule has 3 atom stereocenters. The minimum Gasteiger partial charge on any atom is -0.459 e. The first-order valence-corrected chi connectivity index (χ1v) is 10.2. The number of guanidine groups is 1. The van der Waals surface area contributed by atoms with Crippen LogP contribution in [0, 0.1) is 11.3 Å². The van der Waals surface area contributed by atoms with Crippen LogP contribution in [0.15, 0.2) is 27.8 Å². The highest BCUT2D eigenvalue weighted by atomic mass is 16.5. The van der Waals surface area contributed by atoms with Crippen LogP contribution in [-0.2, 0) is 4.74 Å². The lowest BCUT2D eigenvalue weighted by atomic mass is 9.46. The molecular formula is C20H28N4O3. The molecule has 2 saturated heterocycles. The van der Waals surface area contributed by atoms with Crippen LogP contribution in [0.25, 0.3) is 0 Å². The Labute approximate surface area is 159 Å². The van der Waals surface area contributed by atoms with Gasteiger partial charge in [-0.05, 0) is 31.4 Å². The molecule has 146 valence electrons. The zero-order valence-corrected chi connectivity index (χ0v) is 15.9. The van der Waals surface area contributed by atoms with Gasteiger partial charge in [0.25, 0.3) is 5.91 Å².